The molecule has 25 heavy (non-hydrogen) atoms. The fraction of sp³-hybridized carbons (Fsp3) is 0.389. The van der Waals surface area contributed by atoms with Crippen LogP contribution >= 0.6 is 11.8 Å². The molecule has 0 fully saturated rings. The van der Waals surface area contributed by atoms with Gasteiger partial charge in [-0.3, -0.25) is 0 Å². The predicted molar refractivity (Wildman–Crippen MR) is 95.8 cm³/mol. The first kappa shape index (κ1) is 17.7. The van der Waals surface area contributed by atoms with E-state index in [1.165, 1.54) is 17.8 Å². The number of aryl methyl sites for hydroxylation is 2. The molecular weight excluding hydrogens is 339 g/mol. The van der Waals surface area contributed by atoms with Crippen molar-refractivity contribution in [3.63, 3.8) is 0 Å². The normalized spacial score (nSPS) is 11.4. The van der Waals surface area contributed by atoms with Crippen molar-refractivity contribution in [1.29, 1.82) is 0 Å². The number of oxazole rings is 1. The van der Waals surface area contributed by atoms with Gasteiger partial charge >= 0.3 is 0 Å². The second-order valence-electron chi connectivity index (χ2n) is 6.33. The summed E-state index contributed by atoms with van der Waals surface area (Å²) in [6, 6.07) is 6.64. The third-order valence-electron chi connectivity index (χ3n) is 3.78. The molecule has 0 saturated heterocycles. The van der Waals surface area contributed by atoms with Crippen molar-refractivity contribution in [1.82, 2.24) is 19.7 Å². The van der Waals surface area contributed by atoms with Gasteiger partial charge in [0.25, 0.3) is 0 Å². The molecule has 0 bridgehead atoms. The Morgan fingerprint density at radius 1 is 1.20 bits per heavy atom. The van der Waals surface area contributed by atoms with Gasteiger partial charge in [-0.05, 0) is 31.9 Å². The summed E-state index contributed by atoms with van der Waals surface area (Å²) in [5, 5.41) is 9.24. The fourth-order valence-corrected chi connectivity index (χ4v) is 3.29. The summed E-state index contributed by atoms with van der Waals surface area (Å²) < 4.78 is 21.8. The molecule has 3 rings (SSSR count). The van der Waals surface area contributed by atoms with Crippen LogP contribution in [-0.2, 0) is 12.3 Å². The van der Waals surface area contributed by atoms with Crippen LogP contribution in [0.4, 0.5) is 4.39 Å². The van der Waals surface area contributed by atoms with E-state index in [1.54, 1.807) is 18.2 Å². The van der Waals surface area contributed by atoms with Gasteiger partial charge in [0, 0.05) is 6.54 Å². The summed E-state index contributed by atoms with van der Waals surface area (Å²) in [7, 11) is 0. The number of halogens is 1. The molecule has 0 spiro atoms. The number of thioether (sulfide) groups is 1. The zero-order chi connectivity index (χ0) is 18.0. The highest BCUT2D eigenvalue weighted by Gasteiger charge is 2.18. The van der Waals surface area contributed by atoms with Gasteiger partial charge in [0.05, 0.1) is 17.0 Å². The van der Waals surface area contributed by atoms with E-state index in [0.717, 1.165) is 16.6 Å². The number of rotatable bonds is 6. The van der Waals surface area contributed by atoms with Crippen LogP contribution in [0.2, 0.25) is 0 Å². The van der Waals surface area contributed by atoms with Crippen molar-refractivity contribution in [2.24, 2.45) is 5.92 Å². The number of nitrogens with zero attached hydrogens (tertiary/aromatic N) is 4. The molecule has 0 saturated carbocycles. The topological polar surface area (TPSA) is 56.7 Å². The molecule has 132 valence electrons. The maximum atomic E-state index is 14.2. The van der Waals surface area contributed by atoms with Crippen LogP contribution < -0.4 is 0 Å². The fourth-order valence-electron chi connectivity index (χ4n) is 2.49. The molecular formula is C18H21FN4OS. The molecule has 3 aromatic rings. The lowest BCUT2D eigenvalue weighted by atomic mass is 10.2. The molecule has 2 aromatic heterocycles. The highest BCUT2D eigenvalue weighted by Crippen LogP contribution is 2.28. The second kappa shape index (κ2) is 7.39. The Morgan fingerprint density at radius 2 is 1.96 bits per heavy atom. The van der Waals surface area contributed by atoms with Crippen LogP contribution in [0.3, 0.4) is 0 Å². The Morgan fingerprint density at radius 3 is 2.60 bits per heavy atom. The van der Waals surface area contributed by atoms with Gasteiger partial charge < -0.3 is 8.98 Å². The average molecular weight is 360 g/mol. The van der Waals surface area contributed by atoms with Gasteiger partial charge in [-0.15, -0.1) is 10.2 Å². The molecule has 0 aliphatic rings. The van der Waals surface area contributed by atoms with Gasteiger partial charge in [0.15, 0.2) is 11.0 Å². The zero-order valence-corrected chi connectivity index (χ0v) is 15.6. The molecule has 2 heterocycles. The summed E-state index contributed by atoms with van der Waals surface area (Å²) in [6.07, 6.45) is 0. The molecule has 0 aliphatic carbocycles. The Hall–Kier alpha value is -2.15. The van der Waals surface area contributed by atoms with E-state index in [-0.39, 0.29) is 5.82 Å². The summed E-state index contributed by atoms with van der Waals surface area (Å²) in [4.78, 5) is 4.39. The summed E-state index contributed by atoms with van der Waals surface area (Å²) in [5.74, 6) is 2.68. The van der Waals surface area contributed by atoms with Crippen LogP contribution in [0.15, 0.2) is 33.8 Å². The molecule has 0 amide bonds. The van der Waals surface area contributed by atoms with E-state index in [2.05, 4.69) is 29.0 Å². The lowest BCUT2D eigenvalue weighted by Gasteiger charge is -2.12. The molecule has 0 N–H and O–H groups in total. The van der Waals surface area contributed by atoms with Gasteiger partial charge in [-0.25, -0.2) is 9.37 Å². The standard InChI is InChI=1S/C18H21FN4OS/c1-11(2)9-23-17(14-7-5-6-8-15(14)19)21-22-18(23)25-10-16-20-12(3)13(4)24-16/h5-8,11H,9-10H2,1-4H3. The third-order valence-corrected chi connectivity index (χ3v) is 4.73. The zero-order valence-electron chi connectivity index (χ0n) is 14.8. The van der Waals surface area contributed by atoms with Crippen molar-refractivity contribution < 1.29 is 8.81 Å². The van der Waals surface area contributed by atoms with Gasteiger partial charge in [-0.2, -0.15) is 0 Å². The SMILES string of the molecule is Cc1nc(CSc2nnc(-c3ccccc3F)n2CC(C)C)oc1C. The van der Waals surface area contributed by atoms with Crippen LogP contribution in [0.25, 0.3) is 11.4 Å². The number of aromatic nitrogens is 4. The number of benzene rings is 1. The Bertz CT molecular complexity index is 852. The van der Waals surface area contributed by atoms with Crippen molar-refractivity contribution in [2.45, 2.75) is 45.1 Å². The van der Waals surface area contributed by atoms with Crippen molar-refractivity contribution in [2.75, 3.05) is 0 Å². The highest BCUT2D eigenvalue weighted by molar-refractivity contribution is 7.98. The van der Waals surface area contributed by atoms with E-state index in [0.29, 0.717) is 35.5 Å². The third kappa shape index (κ3) is 3.92. The number of hydrogen-bond donors (Lipinski definition) is 0. The minimum atomic E-state index is -0.296. The predicted octanol–water partition coefficient (Wildman–Crippen LogP) is 4.64. The lowest BCUT2D eigenvalue weighted by molar-refractivity contribution is 0.486. The average Bonchev–Trinajstić information content (AvgIpc) is 3.09. The minimum Gasteiger partial charge on any atom is -0.445 e. The maximum Gasteiger partial charge on any atom is 0.205 e. The summed E-state index contributed by atoms with van der Waals surface area (Å²) in [6.45, 7) is 8.75. The second-order valence-corrected chi connectivity index (χ2v) is 7.27. The molecule has 0 atom stereocenters. The van der Waals surface area contributed by atoms with Crippen LogP contribution in [0.5, 0.6) is 0 Å². The van der Waals surface area contributed by atoms with Crippen LogP contribution in [0, 0.1) is 25.6 Å². The largest absolute Gasteiger partial charge is 0.445 e. The molecule has 0 aliphatic heterocycles. The van der Waals surface area contributed by atoms with Crippen LogP contribution in [0.1, 0.15) is 31.2 Å². The van der Waals surface area contributed by atoms with Gasteiger partial charge in [-0.1, -0.05) is 37.7 Å². The molecule has 0 unspecified atom stereocenters. The highest BCUT2D eigenvalue weighted by atomic mass is 32.2. The first-order valence-corrected chi connectivity index (χ1v) is 9.18. The van der Waals surface area contributed by atoms with Gasteiger partial charge in [0.1, 0.15) is 11.6 Å². The summed E-state index contributed by atoms with van der Waals surface area (Å²) >= 11 is 1.50. The minimum absolute atomic E-state index is 0.296. The Labute approximate surface area is 150 Å². The molecule has 7 heteroatoms. The first-order valence-electron chi connectivity index (χ1n) is 8.19. The van der Waals surface area contributed by atoms with E-state index in [1.807, 2.05) is 18.4 Å². The molecule has 5 nitrogen and oxygen atoms in total. The molecule has 1 aromatic carbocycles. The van der Waals surface area contributed by atoms with E-state index in [9.17, 15) is 4.39 Å². The van der Waals surface area contributed by atoms with E-state index < -0.39 is 0 Å². The summed E-state index contributed by atoms with van der Waals surface area (Å²) in [5.41, 5.74) is 1.36. The van der Waals surface area contributed by atoms with E-state index in [4.69, 9.17) is 4.42 Å². The van der Waals surface area contributed by atoms with Crippen LogP contribution in [-0.4, -0.2) is 19.7 Å². The number of hydrogen-bond acceptors (Lipinski definition) is 5. The Balaban J connectivity index is 1.90. The molecule has 0 radical (unpaired) electrons. The van der Waals surface area contributed by atoms with Crippen molar-refractivity contribution in [3.8, 4) is 11.4 Å². The maximum absolute atomic E-state index is 14.2. The quantitative estimate of drug-likeness (QED) is 0.600. The van der Waals surface area contributed by atoms with Gasteiger partial charge in [0.2, 0.25) is 5.89 Å². The monoisotopic (exact) mass is 360 g/mol. The Kier molecular flexibility index (Phi) is 5.22. The van der Waals surface area contributed by atoms with E-state index >= 15 is 0 Å². The lowest BCUT2D eigenvalue weighted by Crippen LogP contribution is -2.08. The smallest absolute Gasteiger partial charge is 0.205 e. The van der Waals surface area contributed by atoms with Crippen molar-refractivity contribution >= 4 is 11.8 Å². The van der Waals surface area contributed by atoms with Crippen molar-refractivity contribution in [3.05, 3.63) is 47.4 Å². The first-order chi connectivity index (χ1) is 12.0.